The summed E-state index contributed by atoms with van der Waals surface area (Å²) in [4.78, 5) is 6.79. The van der Waals surface area contributed by atoms with E-state index in [0.29, 0.717) is 34.1 Å². The molecule has 1 atom stereocenters. The van der Waals surface area contributed by atoms with Crippen molar-refractivity contribution in [3.63, 3.8) is 0 Å². The lowest BCUT2D eigenvalue weighted by Gasteiger charge is -2.16. The lowest BCUT2D eigenvalue weighted by atomic mass is 9.90. The molecular formula is C20H17FN4O2S2. The van der Waals surface area contributed by atoms with Gasteiger partial charge in [0.1, 0.15) is 5.82 Å². The fourth-order valence-corrected chi connectivity index (χ4v) is 5.06. The third kappa shape index (κ3) is 3.97. The highest BCUT2D eigenvalue weighted by Crippen LogP contribution is 2.37. The van der Waals surface area contributed by atoms with Crippen LogP contribution in [0.15, 0.2) is 44.5 Å². The molecule has 3 aromatic heterocycles. The molecule has 148 valence electrons. The van der Waals surface area contributed by atoms with Crippen molar-refractivity contribution in [2.45, 2.75) is 37.2 Å². The summed E-state index contributed by atoms with van der Waals surface area (Å²) in [5, 5.41) is 12.7. The molecule has 0 spiro atoms. The van der Waals surface area contributed by atoms with Crippen LogP contribution in [0.3, 0.4) is 0 Å². The Hall–Kier alpha value is -2.52. The number of thiophene rings is 1. The van der Waals surface area contributed by atoms with Crippen molar-refractivity contribution < 1.29 is 13.3 Å². The summed E-state index contributed by atoms with van der Waals surface area (Å²) in [7, 11) is 0. The van der Waals surface area contributed by atoms with Crippen molar-refractivity contribution in [2.24, 2.45) is 5.92 Å². The number of nitrogens with zero attached hydrogens (tertiary/aromatic N) is 4. The topological polar surface area (TPSA) is 77.8 Å². The van der Waals surface area contributed by atoms with Crippen LogP contribution in [0.2, 0.25) is 0 Å². The quantitative estimate of drug-likeness (QED) is 0.394. The largest absolute Gasteiger partial charge is 0.410 e. The Kier molecular flexibility index (Phi) is 4.92. The lowest BCUT2D eigenvalue weighted by Crippen LogP contribution is -2.07. The van der Waals surface area contributed by atoms with Crippen LogP contribution in [-0.2, 0) is 18.6 Å². The number of halogens is 1. The summed E-state index contributed by atoms with van der Waals surface area (Å²) in [5.74, 6) is 2.25. The molecule has 29 heavy (non-hydrogen) atoms. The molecule has 0 saturated heterocycles. The molecule has 5 rings (SSSR count). The Bertz CT molecular complexity index is 1140. The van der Waals surface area contributed by atoms with Gasteiger partial charge in [-0.05, 0) is 61.1 Å². The van der Waals surface area contributed by atoms with Gasteiger partial charge in [-0.2, -0.15) is 4.98 Å². The van der Waals surface area contributed by atoms with Gasteiger partial charge in [0.2, 0.25) is 11.7 Å². The predicted molar refractivity (Wildman–Crippen MR) is 108 cm³/mol. The van der Waals surface area contributed by atoms with Crippen molar-refractivity contribution in [1.82, 2.24) is 20.3 Å². The molecule has 0 aliphatic heterocycles. The van der Waals surface area contributed by atoms with Gasteiger partial charge in [0.05, 0.1) is 10.6 Å². The lowest BCUT2D eigenvalue weighted by molar-refractivity contribution is 0.391. The zero-order valence-corrected chi connectivity index (χ0v) is 17.2. The minimum absolute atomic E-state index is 0.304. The van der Waals surface area contributed by atoms with E-state index < -0.39 is 0 Å². The summed E-state index contributed by atoms with van der Waals surface area (Å²) in [6.45, 7) is 2.29. The van der Waals surface area contributed by atoms with E-state index in [4.69, 9.17) is 8.94 Å². The summed E-state index contributed by atoms with van der Waals surface area (Å²) in [6.07, 6.45) is 3.49. The van der Waals surface area contributed by atoms with E-state index in [1.54, 1.807) is 23.5 Å². The highest BCUT2D eigenvalue weighted by atomic mass is 32.2. The first-order valence-electron chi connectivity index (χ1n) is 9.31. The van der Waals surface area contributed by atoms with E-state index in [1.165, 1.54) is 40.8 Å². The summed E-state index contributed by atoms with van der Waals surface area (Å²) in [6, 6.07) is 8.14. The van der Waals surface area contributed by atoms with E-state index in [1.807, 2.05) is 0 Å². The monoisotopic (exact) mass is 428 g/mol. The van der Waals surface area contributed by atoms with Crippen LogP contribution in [-0.4, -0.2) is 20.3 Å². The maximum Gasteiger partial charge on any atom is 0.277 e. The third-order valence-electron chi connectivity index (χ3n) is 4.84. The van der Waals surface area contributed by atoms with Gasteiger partial charge in [0.15, 0.2) is 0 Å². The van der Waals surface area contributed by atoms with Crippen LogP contribution in [0.25, 0.3) is 22.2 Å². The number of hydrogen-bond acceptors (Lipinski definition) is 8. The molecule has 0 radical (unpaired) electrons. The number of fused-ring (bicyclic) bond motifs is 1. The zero-order chi connectivity index (χ0) is 19.8. The number of hydrogen-bond donors (Lipinski definition) is 0. The standard InChI is InChI=1S/C20H17FN4O2S2/c1-11-2-7-15-13(8-11)9-16(29-15)19-23-24-20(26-19)28-10-17-22-18(25-27-17)12-3-5-14(21)6-4-12/h3-6,9,11H,2,7-8,10H2,1H3. The molecular weight excluding hydrogens is 411 g/mol. The number of benzene rings is 1. The first-order chi connectivity index (χ1) is 14.1. The van der Waals surface area contributed by atoms with Gasteiger partial charge in [0, 0.05) is 10.4 Å². The Balaban J connectivity index is 1.25. The Morgan fingerprint density at radius 1 is 1.24 bits per heavy atom. The number of rotatable bonds is 5. The molecule has 1 aliphatic rings. The number of thioether (sulfide) groups is 1. The van der Waals surface area contributed by atoms with Crippen LogP contribution in [0.1, 0.15) is 29.7 Å². The molecule has 0 saturated carbocycles. The summed E-state index contributed by atoms with van der Waals surface area (Å²) >= 11 is 3.09. The van der Waals surface area contributed by atoms with Crippen molar-refractivity contribution in [2.75, 3.05) is 0 Å². The molecule has 3 heterocycles. The Morgan fingerprint density at radius 2 is 2.10 bits per heavy atom. The van der Waals surface area contributed by atoms with E-state index in [9.17, 15) is 4.39 Å². The van der Waals surface area contributed by atoms with Crippen LogP contribution in [0.5, 0.6) is 0 Å². The molecule has 0 amide bonds. The Morgan fingerprint density at radius 3 is 2.97 bits per heavy atom. The van der Waals surface area contributed by atoms with Crippen LogP contribution < -0.4 is 0 Å². The molecule has 1 aromatic carbocycles. The predicted octanol–water partition coefficient (Wildman–Crippen LogP) is 5.40. The second kappa shape index (κ2) is 7.72. The second-order valence-corrected chi connectivity index (χ2v) is 9.15. The maximum absolute atomic E-state index is 13.0. The van der Waals surface area contributed by atoms with E-state index in [2.05, 4.69) is 33.3 Å². The molecule has 6 nitrogen and oxygen atoms in total. The Labute approximate surface area is 174 Å². The SMILES string of the molecule is CC1CCc2sc(-c3nnc(SCc4nc(-c5ccc(F)cc5)no4)o3)cc2C1. The molecule has 1 aliphatic carbocycles. The minimum Gasteiger partial charge on any atom is -0.410 e. The number of aryl methyl sites for hydroxylation is 1. The van der Waals surface area contributed by atoms with Gasteiger partial charge in [-0.25, -0.2) is 4.39 Å². The van der Waals surface area contributed by atoms with Gasteiger partial charge < -0.3 is 8.94 Å². The van der Waals surface area contributed by atoms with Gasteiger partial charge in [-0.3, -0.25) is 0 Å². The average Bonchev–Trinajstić information content (AvgIpc) is 3.45. The number of aromatic nitrogens is 4. The third-order valence-corrected chi connectivity index (χ3v) is 6.86. The van der Waals surface area contributed by atoms with Gasteiger partial charge in [-0.1, -0.05) is 23.8 Å². The zero-order valence-electron chi connectivity index (χ0n) is 15.6. The molecule has 9 heteroatoms. The van der Waals surface area contributed by atoms with Crippen molar-refractivity contribution >= 4 is 23.1 Å². The highest BCUT2D eigenvalue weighted by molar-refractivity contribution is 7.98. The molecule has 4 aromatic rings. The average molecular weight is 429 g/mol. The van der Waals surface area contributed by atoms with E-state index in [-0.39, 0.29) is 5.82 Å². The first-order valence-corrected chi connectivity index (χ1v) is 11.1. The van der Waals surface area contributed by atoms with Gasteiger partial charge >= 0.3 is 0 Å². The van der Waals surface area contributed by atoms with Crippen molar-refractivity contribution in [1.29, 1.82) is 0 Å². The molecule has 0 fully saturated rings. The molecule has 0 bridgehead atoms. The second-order valence-electron chi connectivity index (χ2n) is 7.09. The maximum atomic E-state index is 13.0. The fourth-order valence-electron chi connectivity index (χ4n) is 3.33. The highest BCUT2D eigenvalue weighted by Gasteiger charge is 2.21. The van der Waals surface area contributed by atoms with Gasteiger partial charge in [-0.15, -0.1) is 21.5 Å². The molecule has 1 unspecified atom stereocenters. The van der Waals surface area contributed by atoms with Crippen LogP contribution in [0, 0.1) is 11.7 Å². The smallest absolute Gasteiger partial charge is 0.277 e. The van der Waals surface area contributed by atoms with Crippen molar-refractivity contribution in [3.05, 3.63) is 52.5 Å². The summed E-state index contributed by atoms with van der Waals surface area (Å²) < 4.78 is 24.1. The first kappa shape index (κ1) is 18.5. The van der Waals surface area contributed by atoms with E-state index >= 15 is 0 Å². The van der Waals surface area contributed by atoms with Crippen molar-refractivity contribution in [3.8, 4) is 22.2 Å². The van der Waals surface area contributed by atoms with Crippen LogP contribution >= 0.6 is 23.1 Å². The molecule has 0 N–H and O–H groups in total. The van der Waals surface area contributed by atoms with Crippen LogP contribution in [0.4, 0.5) is 4.39 Å². The fraction of sp³-hybridized carbons (Fsp3) is 0.300. The normalized spacial score (nSPS) is 16.1. The van der Waals surface area contributed by atoms with Gasteiger partial charge in [0.25, 0.3) is 11.1 Å². The minimum atomic E-state index is -0.304. The van der Waals surface area contributed by atoms with E-state index in [0.717, 1.165) is 23.6 Å². The summed E-state index contributed by atoms with van der Waals surface area (Å²) in [5.41, 5.74) is 2.11.